The van der Waals surface area contributed by atoms with E-state index in [1.807, 2.05) is 0 Å². The lowest BCUT2D eigenvalue weighted by atomic mass is 10.1. The van der Waals surface area contributed by atoms with Gasteiger partial charge in [0, 0.05) is 24.7 Å². The van der Waals surface area contributed by atoms with Gasteiger partial charge in [0.05, 0.1) is 30.2 Å². The third kappa shape index (κ3) is 7.00. The van der Waals surface area contributed by atoms with E-state index >= 15 is 0 Å². The van der Waals surface area contributed by atoms with Crippen LogP contribution in [0.1, 0.15) is 23.1 Å². The fourth-order valence-corrected chi connectivity index (χ4v) is 3.96. The van der Waals surface area contributed by atoms with Gasteiger partial charge in [0.25, 0.3) is 11.6 Å². The Morgan fingerprint density at radius 3 is 2.54 bits per heavy atom. The monoisotopic (exact) mass is 539 g/mol. The number of aromatic nitrogens is 2. The Bertz CT molecular complexity index is 1310. The van der Waals surface area contributed by atoms with Crippen molar-refractivity contribution in [1.29, 1.82) is 0 Å². The lowest BCUT2D eigenvalue weighted by Crippen LogP contribution is -2.32. The summed E-state index contributed by atoms with van der Waals surface area (Å²) in [4.78, 5) is 32.4. The van der Waals surface area contributed by atoms with Crippen molar-refractivity contribution in [2.45, 2.75) is 31.6 Å². The van der Waals surface area contributed by atoms with Crippen LogP contribution in [-0.4, -0.2) is 46.6 Å². The van der Waals surface area contributed by atoms with Gasteiger partial charge in [-0.1, -0.05) is 23.7 Å². The van der Waals surface area contributed by atoms with Crippen molar-refractivity contribution in [3.63, 3.8) is 0 Å². The molecule has 1 N–H and O–H groups in total. The molecule has 1 unspecified atom stereocenters. The minimum Gasteiger partial charge on any atom is -0.464 e. The second-order valence-electron chi connectivity index (χ2n) is 8.43. The largest absolute Gasteiger partial charge is 0.464 e. The number of alkyl halides is 4. The molecule has 1 fully saturated rings. The number of amides is 1. The zero-order valence-corrected chi connectivity index (χ0v) is 20.1. The van der Waals surface area contributed by atoms with Crippen LogP contribution in [0.5, 0.6) is 17.5 Å². The van der Waals surface area contributed by atoms with Gasteiger partial charge in [-0.2, -0.15) is 13.2 Å². The molecule has 37 heavy (non-hydrogen) atoms. The third-order valence-corrected chi connectivity index (χ3v) is 6.04. The first-order valence-corrected chi connectivity index (χ1v) is 11.7. The number of halogens is 5. The molecule has 1 aromatic heterocycles. The molecule has 4 rings (SSSR count). The van der Waals surface area contributed by atoms with Crippen LogP contribution in [0, 0.1) is 0 Å². The number of carbonyl (C=O) groups is 1. The molecule has 7 nitrogen and oxygen atoms in total. The normalized spacial score (nSPS) is 15.6. The smallest absolute Gasteiger partial charge is 0.417 e. The highest BCUT2D eigenvalue weighted by Crippen LogP contribution is 2.37. The fraction of sp³-hybridized carbons (Fsp3) is 0.320. The number of benzene rings is 2. The highest BCUT2D eigenvalue weighted by atomic mass is 35.5. The molecule has 0 bridgehead atoms. The first kappa shape index (κ1) is 26.5. The number of carbonyl (C=O) groups excluding carboxylic acids is 1. The maximum atomic E-state index is 13.3. The third-order valence-electron chi connectivity index (χ3n) is 5.71. The Morgan fingerprint density at radius 2 is 1.89 bits per heavy atom. The van der Waals surface area contributed by atoms with Crippen LogP contribution in [-0.2, 0) is 23.8 Å². The summed E-state index contributed by atoms with van der Waals surface area (Å²) in [6.45, 7) is 0.553. The van der Waals surface area contributed by atoms with E-state index in [1.165, 1.54) is 17.2 Å². The average molecular weight is 540 g/mol. The topological polar surface area (TPSA) is 84.5 Å². The van der Waals surface area contributed by atoms with Gasteiger partial charge in [-0.15, -0.1) is 0 Å². The minimum atomic E-state index is -4.59. The van der Waals surface area contributed by atoms with Crippen molar-refractivity contribution in [2.24, 2.45) is 0 Å². The summed E-state index contributed by atoms with van der Waals surface area (Å²) in [5.41, 5.74) is -0.473. The van der Waals surface area contributed by atoms with Crippen molar-refractivity contribution in [3.05, 3.63) is 80.7 Å². The molecule has 0 spiro atoms. The van der Waals surface area contributed by atoms with Gasteiger partial charge in [-0.3, -0.25) is 14.6 Å². The van der Waals surface area contributed by atoms with E-state index in [1.54, 1.807) is 24.3 Å². The number of nitrogens with one attached hydrogen (secondary N) is 1. The summed E-state index contributed by atoms with van der Waals surface area (Å²) >= 11 is 5.62. The van der Waals surface area contributed by atoms with Crippen LogP contribution in [0.4, 0.5) is 17.6 Å². The van der Waals surface area contributed by atoms with E-state index < -0.39 is 28.5 Å². The maximum Gasteiger partial charge on any atom is 0.417 e. The molecule has 0 saturated carbocycles. The van der Waals surface area contributed by atoms with Crippen molar-refractivity contribution < 1.29 is 31.8 Å². The predicted molar refractivity (Wildman–Crippen MR) is 127 cm³/mol. The van der Waals surface area contributed by atoms with Gasteiger partial charge >= 0.3 is 6.18 Å². The number of H-pyrrole nitrogens is 1. The number of hydrogen-bond acceptors (Lipinski definition) is 5. The molecule has 1 saturated heterocycles. The number of hydrogen-bond donors (Lipinski definition) is 1. The van der Waals surface area contributed by atoms with Crippen LogP contribution in [0.15, 0.2) is 53.5 Å². The van der Waals surface area contributed by atoms with Crippen LogP contribution in [0.25, 0.3) is 0 Å². The SMILES string of the molecule is O=C(Cc1cnc(OCCc2ccc(Oc3ccc(Cl)c(C(F)(F)F)c3)cc2)[nH]c1=O)N1CCC(F)C1. The van der Waals surface area contributed by atoms with Gasteiger partial charge in [0.1, 0.15) is 17.7 Å². The zero-order chi connectivity index (χ0) is 26.6. The predicted octanol–water partition coefficient (Wildman–Crippen LogP) is 4.97. The molecule has 0 radical (unpaired) electrons. The molecule has 3 aromatic rings. The Kier molecular flexibility index (Phi) is 8.01. The summed E-state index contributed by atoms with van der Waals surface area (Å²) in [7, 11) is 0. The number of rotatable bonds is 8. The van der Waals surface area contributed by atoms with Crippen LogP contribution in [0.3, 0.4) is 0 Å². The van der Waals surface area contributed by atoms with E-state index in [9.17, 15) is 27.2 Å². The standard InChI is InChI=1S/C25H22ClF4N3O4/c26-21-6-5-19(12-20(21)25(28,29)30)37-18-3-1-15(2-4-18)8-10-36-24-31-13-16(23(35)32-24)11-22(34)33-9-7-17(27)14-33/h1-6,12-13,17H,7-11,14H2,(H,31,32,35). The average Bonchev–Trinajstić information content (AvgIpc) is 3.29. The maximum absolute atomic E-state index is 13.3. The fourth-order valence-electron chi connectivity index (χ4n) is 3.73. The molecule has 2 heterocycles. The number of aromatic amines is 1. The lowest BCUT2D eigenvalue weighted by Gasteiger charge is -2.14. The van der Waals surface area contributed by atoms with Crippen LogP contribution < -0.4 is 15.0 Å². The van der Waals surface area contributed by atoms with Gasteiger partial charge in [0.2, 0.25) is 5.91 Å². The minimum absolute atomic E-state index is 0.0000203. The van der Waals surface area contributed by atoms with Crippen molar-refractivity contribution in [2.75, 3.05) is 19.7 Å². The Hall–Kier alpha value is -3.60. The van der Waals surface area contributed by atoms with Crippen molar-refractivity contribution in [1.82, 2.24) is 14.9 Å². The number of nitrogens with zero attached hydrogens (tertiary/aromatic N) is 2. The molecule has 0 aliphatic carbocycles. The van der Waals surface area contributed by atoms with E-state index in [0.717, 1.165) is 17.7 Å². The van der Waals surface area contributed by atoms with Gasteiger partial charge in [0.15, 0.2) is 0 Å². The summed E-state index contributed by atoms with van der Waals surface area (Å²) in [6.07, 6.45) is -3.78. The van der Waals surface area contributed by atoms with E-state index in [0.29, 0.717) is 25.1 Å². The molecule has 1 aliphatic rings. The second-order valence-corrected chi connectivity index (χ2v) is 8.84. The van der Waals surface area contributed by atoms with Gasteiger partial charge in [-0.05, 0) is 42.3 Å². The van der Waals surface area contributed by atoms with Gasteiger partial charge in [-0.25, -0.2) is 9.37 Å². The number of ether oxygens (including phenoxy) is 2. The Balaban J connectivity index is 1.27. The molecular weight excluding hydrogens is 518 g/mol. The lowest BCUT2D eigenvalue weighted by molar-refractivity contribution is -0.137. The zero-order valence-electron chi connectivity index (χ0n) is 19.4. The van der Waals surface area contributed by atoms with Crippen LogP contribution >= 0.6 is 11.6 Å². The highest BCUT2D eigenvalue weighted by molar-refractivity contribution is 6.31. The van der Waals surface area contributed by atoms with Crippen molar-refractivity contribution in [3.8, 4) is 17.5 Å². The van der Waals surface area contributed by atoms with E-state index in [-0.39, 0.29) is 42.8 Å². The first-order valence-electron chi connectivity index (χ1n) is 11.3. The quantitative estimate of drug-likeness (QED) is 0.409. The molecular formula is C25H22ClF4N3O4. The molecule has 196 valence electrons. The highest BCUT2D eigenvalue weighted by Gasteiger charge is 2.33. The molecule has 1 amide bonds. The van der Waals surface area contributed by atoms with Crippen molar-refractivity contribution >= 4 is 17.5 Å². The van der Waals surface area contributed by atoms with Gasteiger partial charge < -0.3 is 14.4 Å². The molecule has 2 aromatic carbocycles. The summed E-state index contributed by atoms with van der Waals surface area (Å²) in [5, 5.41) is -0.410. The van der Waals surface area contributed by atoms with Crippen LogP contribution in [0.2, 0.25) is 5.02 Å². The first-order chi connectivity index (χ1) is 17.6. The van der Waals surface area contributed by atoms with E-state index in [4.69, 9.17) is 21.1 Å². The molecule has 1 aliphatic heterocycles. The van der Waals surface area contributed by atoms with E-state index in [2.05, 4.69) is 9.97 Å². The summed E-state index contributed by atoms with van der Waals surface area (Å²) in [5.74, 6) is 0.0117. The molecule has 12 heteroatoms. The Morgan fingerprint density at radius 1 is 1.16 bits per heavy atom. The second kappa shape index (κ2) is 11.2. The molecule has 1 atom stereocenters. The Labute approximate surface area is 214 Å². The number of likely N-dealkylation sites (tertiary alicyclic amines) is 1. The summed E-state index contributed by atoms with van der Waals surface area (Å²) in [6, 6.07) is 9.97. The summed E-state index contributed by atoms with van der Waals surface area (Å²) < 4.78 is 63.3.